The van der Waals surface area contributed by atoms with Gasteiger partial charge < -0.3 is 14.8 Å². The van der Waals surface area contributed by atoms with Crippen LogP contribution >= 0.6 is 22.6 Å². The molecule has 0 aromatic rings. The molecule has 5 nitrogen and oxygen atoms in total. The lowest BCUT2D eigenvalue weighted by atomic mass is 9.72. The summed E-state index contributed by atoms with van der Waals surface area (Å²) in [5.74, 6) is 0.647. The number of esters is 2. The first-order valence-corrected chi connectivity index (χ1v) is 9.09. The first-order chi connectivity index (χ1) is 10.3. The molecule has 0 radical (unpaired) electrons. The normalized spacial score (nSPS) is 40.5. The van der Waals surface area contributed by atoms with Gasteiger partial charge in [-0.15, -0.1) is 0 Å². The van der Waals surface area contributed by atoms with Crippen LogP contribution in [0.3, 0.4) is 0 Å². The van der Waals surface area contributed by atoms with Crippen LogP contribution in [0.25, 0.3) is 0 Å². The van der Waals surface area contributed by atoms with Gasteiger partial charge in [-0.2, -0.15) is 0 Å². The molecule has 3 aliphatic rings. The number of carbonyl (C=O) groups excluding carboxylic acids is 2. The summed E-state index contributed by atoms with van der Waals surface area (Å²) in [5, 5.41) is 3.13. The highest BCUT2D eigenvalue weighted by Crippen LogP contribution is 2.60. The highest BCUT2D eigenvalue weighted by molar-refractivity contribution is 14.1. The zero-order valence-electron chi connectivity index (χ0n) is 13.4. The van der Waals surface area contributed by atoms with Crippen molar-refractivity contribution in [1.82, 2.24) is 5.32 Å². The highest BCUT2D eigenvalue weighted by Gasteiger charge is 2.60. The van der Waals surface area contributed by atoms with Gasteiger partial charge in [0.05, 0.1) is 13.0 Å². The molecule has 3 fully saturated rings. The van der Waals surface area contributed by atoms with Gasteiger partial charge >= 0.3 is 11.9 Å². The number of halogens is 1. The molecule has 1 aliphatic heterocycles. The molecule has 6 heteroatoms. The number of cyclic esters (lactones) is 1. The lowest BCUT2D eigenvalue weighted by Crippen LogP contribution is -2.49. The van der Waals surface area contributed by atoms with Gasteiger partial charge in [-0.1, -0.05) is 22.6 Å². The van der Waals surface area contributed by atoms with E-state index in [1.807, 2.05) is 20.9 Å². The smallest absolute Gasteiger partial charge is 0.323 e. The Kier molecular flexibility index (Phi) is 4.21. The molecule has 0 aromatic heterocycles. The van der Waals surface area contributed by atoms with Gasteiger partial charge in [0, 0.05) is 11.5 Å². The highest BCUT2D eigenvalue weighted by atomic mass is 127. The van der Waals surface area contributed by atoms with E-state index in [1.165, 1.54) is 0 Å². The van der Waals surface area contributed by atoms with E-state index >= 15 is 0 Å². The van der Waals surface area contributed by atoms with Crippen molar-refractivity contribution in [2.24, 2.45) is 17.3 Å². The van der Waals surface area contributed by atoms with E-state index in [0.717, 1.165) is 19.3 Å². The Bertz CT molecular complexity index is 495. The molecule has 1 saturated heterocycles. The number of rotatable bonds is 4. The Labute approximate surface area is 145 Å². The van der Waals surface area contributed by atoms with Gasteiger partial charge in [0.15, 0.2) is 0 Å². The summed E-state index contributed by atoms with van der Waals surface area (Å²) in [6.07, 6.45) is 3.47. The molecular weight excluding hydrogens is 397 g/mol. The van der Waals surface area contributed by atoms with Crippen molar-refractivity contribution in [3.05, 3.63) is 0 Å². The number of hydrogen-bond donors (Lipinski definition) is 1. The van der Waals surface area contributed by atoms with Crippen molar-refractivity contribution in [1.29, 1.82) is 0 Å². The van der Waals surface area contributed by atoms with Crippen molar-refractivity contribution in [3.8, 4) is 0 Å². The van der Waals surface area contributed by atoms with Crippen molar-refractivity contribution >= 4 is 34.5 Å². The molecular formula is C16H24INO4. The SMILES string of the molecule is CNC(C)C(C)(I)C(=O)OC1CC2CC1CC21COC(=O)C1. The predicted octanol–water partition coefficient (Wildman–Crippen LogP) is 2.06. The number of ether oxygens (including phenoxy) is 2. The van der Waals surface area contributed by atoms with Crippen molar-refractivity contribution in [2.45, 2.75) is 55.1 Å². The van der Waals surface area contributed by atoms with Crippen LogP contribution in [0, 0.1) is 17.3 Å². The molecule has 1 spiro atoms. The van der Waals surface area contributed by atoms with Gasteiger partial charge in [-0.05, 0) is 52.0 Å². The standard InChI is InChI=1S/C16H24INO4/c1-9(18-3)15(2,17)14(20)22-12-5-11-4-10(12)6-16(11)7-13(19)21-8-16/h9-12,18H,4-8H2,1-3H3. The molecule has 0 amide bonds. The fourth-order valence-corrected chi connectivity index (χ4v) is 4.78. The van der Waals surface area contributed by atoms with E-state index in [2.05, 4.69) is 27.9 Å². The van der Waals surface area contributed by atoms with E-state index in [4.69, 9.17) is 9.47 Å². The van der Waals surface area contributed by atoms with E-state index in [0.29, 0.717) is 24.9 Å². The van der Waals surface area contributed by atoms with Crippen LogP contribution in [-0.2, 0) is 19.1 Å². The average molecular weight is 421 g/mol. The second-order valence-corrected chi connectivity index (χ2v) is 9.60. The zero-order chi connectivity index (χ0) is 16.1. The molecule has 0 aromatic carbocycles. The van der Waals surface area contributed by atoms with E-state index in [-0.39, 0.29) is 29.5 Å². The van der Waals surface area contributed by atoms with E-state index in [1.54, 1.807) is 0 Å². The minimum atomic E-state index is -0.571. The third-order valence-corrected chi connectivity index (χ3v) is 7.46. The van der Waals surface area contributed by atoms with Crippen LogP contribution in [0.2, 0.25) is 0 Å². The zero-order valence-corrected chi connectivity index (χ0v) is 15.5. The van der Waals surface area contributed by atoms with Crippen molar-refractivity contribution in [3.63, 3.8) is 0 Å². The van der Waals surface area contributed by atoms with Crippen LogP contribution in [0.5, 0.6) is 0 Å². The topological polar surface area (TPSA) is 64.6 Å². The Morgan fingerprint density at radius 1 is 1.55 bits per heavy atom. The molecule has 1 N–H and O–H groups in total. The van der Waals surface area contributed by atoms with Gasteiger partial charge in [-0.25, -0.2) is 0 Å². The van der Waals surface area contributed by atoms with Crippen LogP contribution in [0.4, 0.5) is 0 Å². The van der Waals surface area contributed by atoms with Gasteiger partial charge in [0.1, 0.15) is 9.53 Å². The number of fused-ring (bicyclic) bond motifs is 3. The Morgan fingerprint density at radius 3 is 2.77 bits per heavy atom. The van der Waals surface area contributed by atoms with Crippen LogP contribution in [-0.4, -0.2) is 41.2 Å². The fraction of sp³-hybridized carbons (Fsp3) is 0.875. The molecule has 22 heavy (non-hydrogen) atoms. The first kappa shape index (κ1) is 16.5. The minimum Gasteiger partial charge on any atom is -0.465 e. The minimum absolute atomic E-state index is 0.0111. The molecule has 2 aliphatic carbocycles. The summed E-state index contributed by atoms with van der Waals surface area (Å²) < 4.78 is 10.5. The average Bonchev–Trinajstić information content (AvgIpc) is 3.13. The second kappa shape index (κ2) is 5.61. The lowest BCUT2D eigenvalue weighted by molar-refractivity contribution is -0.155. The molecule has 2 saturated carbocycles. The molecule has 1 heterocycles. The van der Waals surface area contributed by atoms with Crippen LogP contribution < -0.4 is 5.32 Å². The quantitative estimate of drug-likeness (QED) is 0.428. The number of nitrogens with one attached hydrogen (secondary N) is 1. The Balaban J connectivity index is 1.61. The van der Waals surface area contributed by atoms with Crippen LogP contribution in [0.15, 0.2) is 0 Å². The summed E-state index contributed by atoms with van der Waals surface area (Å²) in [6, 6.07) is 0.0476. The summed E-state index contributed by atoms with van der Waals surface area (Å²) in [7, 11) is 1.85. The molecule has 2 bridgehead atoms. The predicted molar refractivity (Wildman–Crippen MR) is 89.7 cm³/mol. The maximum absolute atomic E-state index is 12.5. The third kappa shape index (κ3) is 2.56. The maximum atomic E-state index is 12.5. The monoisotopic (exact) mass is 421 g/mol. The molecule has 6 atom stereocenters. The van der Waals surface area contributed by atoms with Gasteiger partial charge in [-0.3, -0.25) is 9.59 Å². The second-order valence-electron chi connectivity index (χ2n) is 7.36. The lowest BCUT2D eigenvalue weighted by Gasteiger charge is -2.36. The Hall–Kier alpha value is -0.370. The van der Waals surface area contributed by atoms with Gasteiger partial charge in [0.25, 0.3) is 0 Å². The third-order valence-electron chi connectivity index (χ3n) is 6.09. The van der Waals surface area contributed by atoms with Crippen molar-refractivity contribution in [2.75, 3.05) is 13.7 Å². The van der Waals surface area contributed by atoms with E-state index in [9.17, 15) is 9.59 Å². The maximum Gasteiger partial charge on any atom is 0.323 e. The molecule has 124 valence electrons. The van der Waals surface area contributed by atoms with E-state index < -0.39 is 3.42 Å². The van der Waals surface area contributed by atoms with Gasteiger partial charge in [0.2, 0.25) is 0 Å². The number of hydrogen-bond acceptors (Lipinski definition) is 5. The molecule has 3 rings (SSSR count). The number of alkyl halides is 1. The summed E-state index contributed by atoms with van der Waals surface area (Å²) in [6.45, 7) is 4.47. The summed E-state index contributed by atoms with van der Waals surface area (Å²) in [5.41, 5.74) is 0.0382. The first-order valence-electron chi connectivity index (χ1n) is 8.01. The van der Waals surface area contributed by atoms with Crippen LogP contribution in [0.1, 0.15) is 39.5 Å². The number of carbonyl (C=O) groups is 2. The van der Waals surface area contributed by atoms with Crippen molar-refractivity contribution < 1.29 is 19.1 Å². The summed E-state index contributed by atoms with van der Waals surface area (Å²) >= 11 is 2.18. The summed E-state index contributed by atoms with van der Waals surface area (Å²) in [4.78, 5) is 24.0. The molecule has 6 unspecified atom stereocenters. The Morgan fingerprint density at radius 2 is 2.27 bits per heavy atom. The fourth-order valence-electron chi connectivity index (χ4n) is 4.34. The largest absolute Gasteiger partial charge is 0.465 e.